The second-order valence-electron chi connectivity index (χ2n) is 4.25. The van der Waals surface area contributed by atoms with Crippen LogP contribution in [0.2, 0.25) is 0 Å². The van der Waals surface area contributed by atoms with Crippen molar-refractivity contribution in [2.45, 2.75) is 12.5 Å². The van der Waals surface area contributed by atoms with Gasteiger partial charge in [-0.2, -0.15) is 0 Å². The number of aromatic nitrogens is 1. The summed E-state index contributed by atoms with van der Waals surface area (Å²) in [6.45, 7) is 0.894. The molecule has 0 aromatic carbocycles. The van der Waals surface area contributed by atoms with Crippen molar-refractivity contribution < 1.29 is 18.8 Å². The number of hydrogen-bond acceptors (Lipinski definition) is 5. The molecule has 1 fully saturated rings. The Morgan fingerprint density at radius 2 is 2.39 bits per heavy atom. The maximum Gasteiger partial charge on any atom is 0.276 e. The SMILES string of the molecule is O=C(c1cc(-c2ccco2)on1)N1CCC(O)C1. The lowest BCUT2D eigenvalue weighted by atomic mass is 10.3. The molecular formula is C12H12N2O4. The van der Waals surface area contributed by atoms with E-state index in [-0.39, 0.29) is 11.6 Å². The van der Waals surface area contributed by atoms with E-state index in [0.717, 1.165) is 0 Å². The standard InChI is InChI=1S/C12H12N2O4/c15-8-3-4-14(7-8)12(16)9-6-11(18-13-9)10-2-1-5-17-10/h1-2,5-6,8,15H,3-4,7H2. The summed E-state index contributed by atoms with van der Waals surface area (Å²) in [5.41, 5.74) is 0.232. The molecule has 1 aliphatic heterocycles. The number of furan rings is 1. The van der Waals surface area contributed by atoms with Crippen LogP contribution in [-0.2, 0) is 0 Å². The maximum atomic E-state index is 12.0. The molecule has 0 bridgehead atoms. The Hall–Kier alpha value is -2.08. The predicted octanol–water partition coefficient (Wildman–Crippen LogP) is 1.14. The Kier molecular flexibility index (Phi) is 2.64. The second kappa shape index (κ2) is 4.30. The largest absolute Gasteiger partial charge is 0.461 e. The van der Waals surface area contributed by atoms with Gasteiger partial charge in [-0.15, -0.1) is 0 Å². The highest BCUT2D eigenvalue weighted by Gasteiger charge is 2.27. The van der Waals surface area contributed by atoms with Crippen LogP contribution in [0.3, 0.4) is 0 Å². The van der Waals surface area contributed by atoms with Gasteiger partial charge in [0, 0.05) is 19.2 Å². The lowest BCUT2D eigenvalue weighted by Crippen LogP contribution is -2.29. The summed E-state index contributed by atoms with van der Waals surface area (Å²) in [6, 6.07) is 5.01. The third-order valence-electron chi connectivity index (χ3n) is 2.94. The first kappa shape index (κ1) is 11.0. The number of amides is 1. The van der Waals surface area contributed by atoms with Crippen molar-refractivity contribution in [1.29, 1.82) is 0 Å². The van der Waals surface area contributed by atoms with Crippen LogP contribution in [0.1, 0.15) is 16.9 Å². The highest BCUT2D eigenvalue weighted by molar-refractivity contribution is 5.93. The van der Waals surface area contributed by atoms with Crippen LogP contribution in [0.25, 0.3) is 11.5 Å². The van der Waals surface area contributed by atoms with Gasteiger partial charge in [0.2, 0.25) is 5.76 Å². The summed E-state index contributed by atoms with van der Waals surface area (Å²) < 4.78 is 10.2. The summed E-state index contributed by atoms with van der Waals surface area (Å²) in [5, 5.41) is 13.1. The average molecular weight is 248 g/mol. The zero-order valence-electron chi connectivity index (χ0n) is 9.57. The van der Waals surface area contributed by atoms with Crippen molar-refractivity contribution in [3.8, 4) is 11.5 Å². The first-order chi connectivity index (χ1) is 8.74. The zero-order valence-corrected chi connectivity index (χ0v) is 9.57. The van der Waals surface area contributed by atoms with E-state index in [1.165, 1.54) is 6.26 Å². The number of hydrogen-bond donors (Lipinski definition) is 1. The lowest BCUT2D eigenvalue weighted by Gasteiger charge is -2.12. The molecule has 6 nitrogen and oxygen atoms in total. The number of carbonyl (C=O) groups is 1. The highest BCUT2D eigenvalue weighted by Crippen LogP contribution is 2.22. The van der Waals surface area contributed by atoms with Crippen LogP contribution in [-0.4, -0.2) is 40.3 Å². The van der Waals surface area contributed by atoms with Crippen molar-refractivity contribution >= 4 is 5.91 Å². The van der Waals surface area contributed by atoms with E-state index >= 15 is 0 Å². The van der Waals surface area contributed by atoms with Gasteiger partial charge in [0.15, 0.2) is 11.5 Å². The van der Waals surface area contributed by atoms with Crippen LogP contribution in [0.5, 0.6) is 0 Å². The predicted molar refractivity (Wildman–Crippen MR) is 60.7 cm³/mol. The fourth-order valence-electron chi connectivity index (χ4n) is 2.00. The Morgan fingerprint density at radius 1 is 1.50 bits per heavy atom. The molecule has 1 saturated heterocycles. The smallest absolute Gasteiger partial charge is 0.276 e. The van der Waals surface area contributed by atoms with Crippen LogP contribution in [0.4, 0.5) is 0 Å². The quantitative estimate of drug-likeness (QED) is 0.862. The molecule has 3 heterocycles. The minimum Gasteiger partial charge on any atom is -0.461 e. The minimum atomic E-state index is -0.439. The molecule has 0 spiro atoms. The number of β-amino-alcohol motifs (C(OH)–C–C–N with tert-alkyl or cyclic N) is 1. The van der Waals surface area contributed by atoms with Crippen molar-refractivity contribution in [3.63, 3.8) is 0 Å². The minimum absolute atomic E-state index is 0.229. The summed E-state index contributed by atoms with van der Waals surface area (Å²) in [5.74, 6) is 0.721. The van der Waals surface area contributed by atoms with Gasteiger partial charge in [-0.05, 0) is 18.6 Å². The van der Waals surface area contributed by atoms with Gasteiger partial charge in [0.25, 0.3) is 5.91 Å². The van der Waals surface area contributed by atoms with E-state index in [0.29, 0.717) is 31.0 Å². The van der Waals surface area contributed by atoms with Crippen LogP contribution >= 0.6 is 0 Å². The summed E-state index contributed by atoms with van der Waals surface area (Å²) in [7, 11) is 0. The second-order valence-corrected chi connectivity index (χ2v) is 4.25. The van der Waals surface area contributed by atoms with E-state index in [2.05, 4.69) is 5.16 Å². The normalized spacial score (nSPS) is 19.4. The summed E-state index contributed by atoms with van der Waals surface area (Å²) in [6.07, 6.45) is 1.69. The van der Waals surface area contributed by atoms with Gasteiger partial charge in [-0.25, -0.2) is 0 Å². The van der Waals surface area contributed by atoms with Gasteiger partial charge >= 0.3 is 0 Å². The molecule has 94 valence electrons. The fraction of sp³-hybridized carbons (Fsp3) is 0.333. The van der Waals surface area contributed by atoms with Gasteiger partial charge < -0.3 is 18.9 Å². The Bertz CT molecular complexity index is 546. The first-order valence-electron chi connectivity index (χ1n) is 5.72. The van der Waals surface area contributed by atoms with Crippen molar-refractivity contribution in [1.82, 2.24) is 10.1 Å². The highest BCUT2D eigenvalue weighted by atomic mass is 16.5. The van der Waals surface area contributed by atoms with E-state index in [4.69, 9.17) is 8.94 Å². The van der Waals surface area contributed by atoms with Gasteiger partial charge in [-0.3, -0.25) is 4.79 Å². The molecule has 18 heavy (non-hydrogen) atoms. The van der Waals surface area contributed by atoms with Crippen LogP contribution in [0, 0.1) is 0 Å². The molecule has 0 aliphatic carbocycles. The molecule has 6 heteroatoms. The molecule has 3 rings (SSSR count). The summed E-state index contributed by atoms with van der Waals surface area (Å²) >= 11 is 0. The molecule has 0 saturated carbocycles. The topological polar surface area (TPSA) is 79.7 Å². The number of aliphatic hydroxyl groups excluding tert-OH is 1. The molecule has 1 amide bonds. The molecule has 1 N–H and O–H groups in total. The zero-order chi connectivity index (χ0) is 12.5. The van der Waals surface area contributed by atoms with Crippen LogP contribution in [0.15, 0.2) is 33.4 Å². The Morgan fingerprint density at radius 3 is 3.06 bits per heavy atom. The van der Waals surface area contributed by atoms with Gasteiger partial charge in [0.1, 0.15) is 0 Å². The van der Waals surface area contributed by atoms with Crippen molar-refractivity contribution in [3.05, 3.63) is 30.2 Å². The fourth-order valence-corrected chi connectivity index (χ4v) is 2.00. The van der Waals surface area contributed by atoms with E-state index < -0.39 is 6.10 Å². The molecule has 2 aromatic rings. The Labute approximate surface area is 103 Å². The molecule has 1 aliphatic rings. The Balaban J connectivity index is 1.79. The van der Waals surface area contributed by atoms with E-state index in [1.807, 2.05) is 0 Å². The number of rotatable bonds is 2. The molecule has 1 unspecified atom stereocenters. The van der Waals surface area contributed by atoms with E-state index in [9.17, 15) is 9.90 Å². The third-order valence-corrected chi connectivity index (χ3v) is 2.94. The lowest BCUT2D eigenvalue weighted by molar-refractivity contribution is 0.0755. The summed E-state index contributed by atoms with van der Waals surface area (Å²) in [4.78, 5) is 13.6. The average Bonchev–Trinajstić information content (AvgIpc) is 3.09. The van der Waals surface area contributed by atoms with Crippen molar-refractivity contribution in [2.24, 2.45) is 0 Å². The van der Waals surface area contributed by atoms with Gasteiger partial charge in [0.05, 0.1) is 12.4 Å². The number of likely N-dealkylation sites (tertiary alicyclic amines) is 1. The third kappa shape index (κ3) is 1.91. The number of aliphatic hydroxyl groups is 1. The van der Waals surface area contributed by atoms with Crippen LogP contribution < -0.4 is 0 Å². The monoisotopic (exact) mass is 248 g/mol. The first-order valence-corrected chi connectivity index (χ1v) is 5.72. The number of carbonyl (C=O) groups excluding carboxylic acids is 1. The van der Waals surface area contributed by atoms with E-state index in [1.54, 1.807) is 23.1 Å². The maximum absolute atomic E-state index is 12.0. The number of nitrogens with zero attached hydrogens (tertiary/aromatic N) is 2. The molecular weight excluding hydrogens is 236 g/mol. The molecule has 2 aromatic heterocycles. The van der Waals surface area contributed by atoms with Gasteiger partial charge in [-0.1, -0.05) is 5.16 Å². The molecule has 1 atom stereocenters. The molecule has 0 radical (unpaired) electrons. The van der Waals surface area contributed by atoms with Crippen molar-refractivity contribution in [2.75, 3.05) is 13.1 Å².